The number of esters is 1. The molecule has 0 aliphatic heterocycles. The summed E-state index contributed by atoms with van der Waals surface area (Å²) in [6, 6.07) is 14.2. The van der Waals surface area contributed by atoms with Crippen LogP contribution in [0.2, 0.25) is 0 Å². The second-order valence-electron chi connectivity index (χ2n) is 7.13. The Balaban J connectivity index is 1.93. The van der Waals surface area contributed by atoms with Gasteiger partial charge in [0.2, 0.25) is 5.91 Å². The third kappa shape index (κ3) is 7.82. The van der Waals surface area contributed by atoms with Gasteiger partial charge in [0.15, 0.2) is 0 Å². The molecule has 0 saturated carbocycles. The number of amides is 1. The molecule has 2 aromatic carbocycles. The predicted octanol–water partition coefficient (Wildman–Crippen LogP) is 5.33. The number of nitrogens with one attached hydrogen (secondary N) is 1. The Kier molecular flexibility index (Phi) is 8.96. The molecule has 29 heavy (non-hydrogen) atoms. The quantitative estimate of drug-likeness (QED) is 0.335. The summed E-state index contributed by atoms with van der Waals surface area (Å²) in [6.07, 6.45) is 5.25. The highest BCUT2D eigenvalue weighted by molar-refractivity contribution is 6.02. The first-order chi connectivity index (χ1) is 14.0. The first-order valence-electron chi connectivity index (χ1n) is 9.97. The maximum absolute atomic E-state index is 12.2. The molecule has 0 aliphatic carbocycles. The monoisotopic (exact) mass is 395 g/mol. The topological polar surface area (TPSA) is 64.6 Å². The van der Waals surface area contributed by atoms with Crippen molar-refractivity contribution in [1.29, 1.82) is 0 Å². The largest absolute Gasteiger partial charge is 0.493 e. The summed E-state index contributed by atoms with van der Waals surface area (Å²) in [6.45, 7) is 7.11. The van der Waals surface area contributed by atoms with Crippen LogP contribution in [0.15, 0.2) is 54.6 Å². The van der Waals surface area contributed by atoms with Crippen molar-refractivity contribution in [3.05, 3.63) is 65.7 Å². The summed E-state index contributed by atoms with van der Waals surface area (Å²) in [5.41, 5.74) is 1.91. The molecule has 1 N–H and O–H groups in total. The number of carbonyl (C=O) groups is 2. The zero-order chi connectivity index (χ0) is 21.1. The molecule has 5 nitrogen and oxygen atoms in total. The number of benzene rings is 2. The molecule has 1 amide bonds. The molecular weight excluding hydrogens is 366 g/mol. The Hall–Kier alpha value is -3.08. The van der Waals surface area contributed by atoms with Crippen LogP contribution in [-0.4, -0.2) is 25.1 Å². The van der Waals surface area contributed by atoms with Crippen molar-refractivity contribution in [3.8, 4) is 5.75 Å². The highest BCUT2D eigenvalue weighted by Crippen LogP contribution is 2.20. The van der Waals surface area contributed by atoms with E-state index in [1.807, 2.05) is 38.1 Å². The van der Waals surface area contributed by atoms with Gasteiger partial charge in [0.1, 0.15) is 5.75 Å². The fraction of sp³-hybridized carbons (Fsp3) is 0.333. The standard InChI is InChI=1S/C24H29NO4/c1-4-5-16-28-22-9-7-6-8-19(22)12-15-23(26)25-21-13-10-20(11-14-21)24(27)29-17-18(2)3/h6-15,18H,4-5,16-17H2,1-3H3,(H,25,26). The van der Waals surface area contributed by atoms with Crippen molar-refractivity contribution in [2.24, 2.45) is 5.92 Å². The molecule has 2 rings (SSSR count). The molecule has 0 aliphatic rings. The molecule has 0 aromatic heterocycles. The minimum atomic E-state index is -0.365. The maximum Gasteiger partial charge on any atom is 0.338 e. The Morgan fingerprint density at radius 2 is 1.79 bits per heavy atom. The SMILES string of the molecule is CCCCOc1ccccc1C=CC(=O)Nc1ccc(C(=O)OCC(C)C)cc1. The average Bonchev–Trinajstić information content (AvgIpc) is 2.72. The van der Waals surface area contributed by atoms with E-state index >= 15 is 0 Å². The van der Waals surface area contributed by atoms with Crippen LogP contribution in [-0.2, 0) is 9.53 Å². The van der Waals surface area contributed by atoms with Crippen molar-refractivity contribution in [2.45, 2.75) is 33.6 Å². The van der Waals surface area contributed by atoms with Gasteiger partial charge in [-0.1, -0.05) is 45.4 Å². The fourth-order valence-corrected chi connectivity index (χ4v) is 2.44. The maximum atomic E-state index is 12.2. The van der Waals surface area contributed by atoms with Crippen molar-refractivity contribution < 1.29 is 19.1 Å². The number of hydrogen-bond donors (Lipinski definition) is 1. The molecule has 5 heteroatoms. The van der Waals surface area contributed by atoms with Crippen LogP contribution >= 0.6 is 0 Å². The van der Waals surface area contributed by atoms with Crippen LogP contribution in [0.1, 0.15) is 49.5 Å². The number of hydrogen-bond acceptors (Lipinski definition) is 4. The van der Waals surface area contributed by atoms with E-state index < -0.39 is 0 Å². The van der Waals surface area contributed by atoms with Crippen LogP contribution < -0.4 is 10.1 Å². The Morgan fingerprint density at radius 1 is 1.07 bits per heavy atom. The molecule has 0 saturated heterocycles. The lowest BCUT2D eigenvalue weighted by Crippen LogP contribution is -2.11. The predicted molar refractivity (Wildman–Crippen MR) is 116 cm³/mol. The van der Waals surface area contributed by atoms with E-state index in [0.29, 0.717) is 24.5 Å². The molecule has 0 bridgehead atoms. The van der Waals surface area contributed by atoms with Crippen molar-refractivity contribution >= 4 is 23.6 Å². The van der Waals surface area contributed by atoms with Crippen molar-refractivity contribution in [1.82, 2.24) is 0 Å². The molecule has 0 radical (unpaired) electrons. The summed E-state index contributed by atoms with van der Waals surface area (Å²) in [5, 5.41) is 2.78. The summed E-state index contributed by atoms with van der Waals surface area (Å²) < 4.78 is 11.0. The molecule has 0 fully saturated rings. The Bertz CT molecular complexity index is 825. The minimum Gasteiger partial charge on any atom is -0.493 e. The smallest absolute Gasteiger partial charge is 0.338 e. The Labute approximate surface area is 172 Å². The molecule has 0 atom stereocenters. The second-order valence-corrected chi connectivity index (χ2v) is 7.13. The third-order valence-corrected chi connectivity index (χ3v) is 4.02. The number of para-hydroxylation sites is 1. The molecular formula is C24H29NO4. The third-order valence-electron chi connectivity index (χ3n) is 4.02. The van der Waals surface area contributed by atoms with Gasteiger partial charge >= 0.3 is 5.97 Å². The van der Waals surface area contributed by atoms with E-state index in [0.717, 1.165) is 24.2 Å². The summed E-state index contributed by atoms with van der Waals surface area (Å²) in [4.78, 5) is 24.2. The highest BCUT2D eigenvalue weighted by atomic mass is 16.5. The normalized spacial score (nSPS) is 10.9. The molecule has 0 heterocycles. The lowest BCUT2D eigenvalue weighted by molar-refractivity contribution is -0.111. The lowest BCUT2D eigenvalue weighted by atomic mass is 10.2. The van der Waals surface area contributed by atoms with E-state index in [2.05, 4.69) is 12.2 Å². The number of rotatable bonds is 10. The van der Waals surface area contributed by atoms with Gasteiger partial charge in [-0.25, -0.2) is 4.79 Å². The van der Waals surface area contributed by atoms with Gasteiger partial charge < -0.3 is 14.8 Å². The van der Waals surface area contributed by atoms with Gasteiger partial charge in [-0.05, 0) is 48.7 Å². The average molecular weight is 395 g/mol. The van der Waals surface area contributed by atoms with Crippen molar-refractivity contribution in [3.63, 3.8) is 0 Å². The zero-order valence-electron chi connectivity index (χ0n) is 17.3. The van der Waals surface area contributed by atoms with E-state index in [-0.39, 0.29) is 17.8 Å². The number of ether oxygens (including phenoxy) is 2. The van der Waals surface area contributed by atoms with Crippen molar-refractivity contribution in [2.75, 3.05) is 18.5 Å². The van der Waals surface area contributed by atoms with Gasteiger partial charge in [-0.2, -0.15) is 0 Å². The van der Waals surface area contributed by atoms with Crippen LogP contribution in [0.5, 0.6) is 5.75 Å². The number of anilines is 1. The second kappa shape index (κ2) is 11.7. The molecule has 2 aromatic rings. The lowest BCUT2D eigenvalue weighted by Gasteiger charge is -2.09. The summed E-state index contributed by atoms with van der Waals surface area (Å²) in [7, 11) is 0. The van der Waals surface area contributed by atoms with E-state index in [1.165, 1.54) is 6.08 Å². The Morgan fingerprint density at radius 3 is 2.48 bits per heavy atom. The van der Waals surface area contributed by atoms with Gasteiger partial charge in [0, 0.05) is 17.3 Å². The van der Waals surface area contributed by atoms with Gasteiger partial charge in [0.25, 0.3) is 0 Å². The van der Waals surface area contributed by atoms with E-state index in [4.69, 9.17) is 9.47 Å². The van der Waals surface area contributed by atoms with Crippen LogP contribution in [0.4, 0.5) is 5.69 Å². The van der Waals surface area contributed by atoms with Gasteiger partial charge in [-0.3, -0.25) is 4.79 Å². The van der Waals surface area contributed by atoms with Gasteiger partial charge in [0.05, 0.1) is 18.8 Å². The molecule has 154 valence electrons. The minimum absolute atomic E-state index is 0.261. The summed E-state index contributed by atoms with van der Waals surface area (Å²) >= 11 is 0. The van der Waals surface area contributed by atoms with Crippen LogP contribution in [0.3, 0.4) is 0 Å². The fourth-order valence-electron chi connectivity index (χ4n) is 2.44. The van der Waals surface area contributed by atoms with E-state index in [9.17, 15) is 9.59 Å². The molecule has 0 unspecified atom stereocenters. The molecule has 0 spiro atoms. The number of carbonyl (C=O) groups excluding carboxylic acids is 2. The van der Waals surface area contributed by atoms with E-state index in [1.54, 1.807) is 30.3 Å². The summed E-state index contributed by atoms with van der Waals surface area (Å²) in [5.74, 6) is 0.417. The first kappa shape index (κ1) is 22.2. The van der Waals surface area contributed by atoms with Gasteiger partial charge in [-0.15, -0.1) is 0 Å². The number of unbranched alkanes of at least 4 members (excludes halogenated alkanes) is 1. The van der Waals surface area contributed by atoms with Crippen LogP contribution in [0, 0.1) is 5.92 Å². The highest BCUT2D eigenvalue weighted by Gasteiger charge is 2.08. The first-order valence-corrected chi connectivity index (χ1v) is 9.97. The zero-order valence-corrected chi connectivity index (χ0v) is 17.3. The van der Waals surface area contributed by atoms with Crippen LogP contribution in [0.25, 0.3) is 6.08 Å².